The first kappa shape index (κ1) is 7.19. The summed E-state index contributed by atoms with van der Waals surface area (Å²) in [7, 11) is 2.06. The van der Waals surface area contributed by atoms with Crippen LogP contribution in [0.3, 0.4) is 0 Å². The van der Waals surface area contributed by atoms with Crippen molar-refractivity contribution >= 4 is 0 Å². The molecular formula is C8H13NO. The number of nitrogens with zero attached hydrogens (tertiary/aromatic N) is 1. The van der Waals surface area contributed by atoms with Gasteiger partial charge in [-0.1, -0.05) is 0 Å². The van der Waals surface area contributed by atoms with Crippen LogP contribution in [0.25, 0.3) is 0 Å². The van der Waals surface area contributed by atoms with E-state index in [9.17, 15) is 0 Å². The molecule has 0 unspecified atom stereocenters. The molecule has 0 atom stereocenters. The molecular weight excluding hydrogens is 126 g/mol. The number of allylic oxidation sites excluding steroid dienone is 2. The Bertz CT molecular complexity index is 161. The maximum Gasteiger partial charge on any atom is 0.127 e. The molecule has 0 radical (unpaired) electrons. The van der Waals surface area contributed by atoms with Gasteiger partial charge in [-0.05, 0) is 19.1 Å². The molecule has 0 N–H and O–H groups in total. The molecule has 0 saturated heterocycles. The van der Waals surface area contributed by atoms with Crippen LogP contribution in [0.5, 0.6) is 0 Å². The van der Waals surface area contributed by atoms with Crippen LogP contribution in [0.2, 0.25) is 0 Å². The van der Waals surface area contributed by atoms with Crippen LogP contribution in [0.1, 0.15) is 6.92 Å². The van der Waals surface area contributed by atoms with Crippen molar-refractivity contribution in [2.24, 2.45) is 0 Å². The molecule has 0 fully saturated rings. The fraction of sp³-hybridized carbons (Fsp3) is 0.500. The van der Waals surface area contributed by atoms with E-state index >= 15 is 0 Å². The quantitative estimate of drug-likeness (QED) is 0.573. The molecule has 56 valence electrons. The SMILES string of the molecule is CCN(C)C1=CC=COC1. The largest absolute Gasteiger partial charge is 0.495 e. The third-order valence-corrected chi connectivity index (χ3v) is 1.66. The summed E-state index contributed by atoms with van der Waals surface area (Å²) >= 11 is 0. The minimum Gasteiger partial charge on any atom is -0.495 e. The van der Waals surface area contributed by atoms with E-state index in [-0.39, 0.29) is 0 Å². The number of rotatable bonds is 2. The van der Waals surface area contributed by atoms with Crippen LogP contribution in [-0.2, 0) is 4.74 Å². The standard InChI is InChI=1S/C8H13NO/c1-3-9(2)8-5-4-6-10-7-8/h4-6H,3,7H2,1-2H3. The zero-order chi connectivity index (χ0) is 7.40. The van der Waals surface area contributed by atoms with Crippen molar-refractivity contribution in [3.8, 4) is 0 Å². The summed E-state index contributed by atoms with van der Waals surface area (Å²) in [6, 6.07) is 0. The van der Waals surface area contributed by atoms with E-state index in [4.69, 9.17) is 4.74 Å². The fourth-order valence-corrected chi connectivity index (χ4v) is 0.828. The van der Waals surface area contributed by atoms with Crippen molar-refractivity contribution in [1.29, 1.82) is 0 Å². The van der Waals surface area contributed by atoms with Crippen molar-refractivity contribution in [3.63, 3.8) is 0 Å². The van der Waals surface area contributed by atoms with Crippen LogP contribution in [0.4, 0.5) is 0 Å². The van der Waals surface area contributed by atoms with Crippen molar-refractivity contribution in [3.05, 3.63) is 24.1 Å². The maximum atomic E-state index is 5.11. The lowest BCUT2D eigenvalue weighted by molar-refractivity contribution is 0.237. The molecule has 10 heavy (non-hydrogen) atoms. The molecule has 0 aromatic carbocycles. The Morgan fingerprint density at radius 2 is 2.50 bits per heavy atom. The predicted octanol–water partition coefficient (Wildman–Crippen LogP) is 1.37. The van der Waals surface area contributed by atoms with E-state index < -0.39 is 0 Å². The molecule has 0 aromatic heterocycles. The van der Waals surface area contributed by atoms with Crippen LogP contribution in [0, 0.1) is 0 Å². The lowest BCUT2D eigenvalue weighted by Crippen LogP contribution is -2.20. The molecule has 0 bridgehead atoms. The first-order valence-corrected chi connectivity index (χ1v) is 3.53. The Kier molecular flexibility index (Phi) is 2.37. The van der Waals surface area contributed by atoms with Crippen LogP contribution >= 0.6 is 0 Å². The molecule has 1 rings (SSSR count). The summed E-state index contributed by atoms with van der Waals surface area (Å²) in [5.41, 5.74) is 1.24. The average Bonchev–Trinajstić information content (AvgIpc) is 2.05. The zero-order valence-electron chi connectivity index (χ0n) is 6.50. The number of hydrogen-bond donors (Lipinski definition) is 0. The minimum absolute atomic E-state index is 0.709. The van der Waals surface area contributed by atoms with E-state index in [1.54, 1.807) is 6.26 Å². The summed E-state index contributed by atoms with van der Waals surface area (Å²) in [5, 5.41) is 0. The Labute approximate surface area is 61.8 Å². The van der Waals surface area contributed by atoms with Crippen LogP contribution in [0.15, 0.2) is 24.1 Å². The molecule has 0 aromatic rings. The Hall–Kier alpha value is -0.920. The highest BCUT2D eigenvalue weighted by Crippen LogP contribution is 2.06. The van der Waals surface area contributed by atoms with Crippen molar-refractivity contribution in [2.75, 3.05) is 20.2 Å². The summed E-state index contributed by atoms with van der Waals surface area (Å²) in [4.78, 5) is 2.17. The normalized spacial score (nSPS) is 16.0. The summed E-state index contributed by atoms with van der Waals surface area (Å²) < 4.78 is 5.11. The molecule has 1 aliphatic heterocycles. The monoisotopic (exact) mass is 139 g/mol. The van der Waals surface area contributed by atoms with E-state index in [1.165, 1.54) is 5.70 Å². The molecule has 0 saturated carbocycles. The van der Waals surface area contributed by atoms with Gasteiger partial charge in [0.05, 0.1) is 12.0 Å². The molecule has 2 nitrogen and oxygen atoms in total. The van der Waals surface area contributed by atoms with Crippen molar-refractivity contribution < 1.29 is 4.74 Å². The van der Waals surface area contributed by atoms with Gasteiger partial charge in [-0.25, -0.2) is 0 Å². The molecule has 0 spiro atoms. The number of ether oxygens (including phenoxy) is 1. The fourth-order valence-electron chi connectivity index (χ4n) is 0.828. The highest BCUT2D eigenvalue weighted by Gasteiger charge is 2.02. The predicted molar refractivity (Wildman–Crippen MR) is 41.5 cm³/mol. The van der Waals surface area contributed by atoms with Crippen LogP contribution in [-0.4, -0.2) is 25.1 Å². The van der Waals surface area contributed by atoms with E-state index in [2.05, 4.69) is 24.9 Å². The Morgan fingerprint density at radius 1 is 1.70 bits per heavy atom. The second-order valence-corrected chi connectivity index (χ2v) is 2.31. The molecule has 1 heterocycles. The zero-order valence-corrected chi connectivity index (χ0v) is 6.50. The van der Waals surface area contributed by atoms with Gasteiger partial charge in [0.15, 0.2) is 0 Å². The summed E-state index contributed by atoms with van der Waals surface area (Å²) in [5.74, 6) is 0. The van der Waals surface area contributed by atoms with Gasteiger partial charge < -0.3 is 9.64 Å². The summed E-state index contributed by atoms with van der Waals surface area (Å²) in [6.07, 6.45) is 5.71. The van der Waals surface area contributed by atoms with Gasteiger partial charge in [0.2, 0.25) is 0 Å². The van der Waals surface area contributed by atoms with Gasteiger partial charge >= 0.3 is 0 Å². The van der Waals surface area contributed by atoms with E-state index in [1.807, 2.05) is 6.08 Å². The van der Waals surface area contributed by atoms with Gasteiger partial charge in [-0.2, -0.15) is 0 Å². The lowest BCUT2D eigenvalue weighted by atomic mass is 10.3. The highest BCUT2D eigenvalue weighted by molar-refractivity contribution is 5.13. The van der Waals surface area contributed by atoms with E-state index in [0.29, 0.717) is 6.61 Å². The van der Waals surface area contributed by atoms with Gasteiger partial charge in [0.1, 0.15) is 6.61 Å². The van der Waals surface area contributed by atoms with Gasteiger partial charge in [-0.15, -0.1) is 0 Å². The average molecular weight is 139 g/mol. The Balaban J connectivity index is 2.53. The second-order valence-electron chi connectivity index (χ2n) is 2.31. The van der Waals surface area contributed by atoms with Gasteiger partial charge in [0.25, 0.3) is 0 Å². The van der Waals surface area contributed by atoms with Gasteiger partial charge in [-0.3, -0.25) is 0 Å². The van der Waals surface area contributed by atoms with Crippen LogP contribution < -0.4 is 0 Å². The first-order valence-electron chi connectivity index (χ1n) is 3.53. The Morgan fingerprint density at radius 3 is 3.00 bits per heavy atom. The molecule has 0 aliphatic carbocycles. The maximum absolute atomic E-state index is 5.11. The topological polar surface area (TPSA) is 12.5 Å². The minimum atomic E-state index is 0.709. The van der Waals surface area contributed by atoms with E-state index in [0.717, 1.165) is 6.54 Å². The number of likely N-dealkylation sites (N-methyl/N-ethyl adjacent to an activating group) is 1. The second kappa shape index (κ2) is 3.30. The summed E-state index contributed by atoms with van der Waals surface area (Å²) in [6.45, 7) is 3.86. The molecule has 1 aliphatic rings. The number of hydrogen-bond acceptors (Lipinski definition) is 2. The molecule has 2 heteroatoms. The smallest absolute Gasteiger partial charge is 0.127 e. The third-order valence-electron chi connectivity index (χ3n) is 1.66. The third kappa shape index (κ3) is 1.53. The highest BCUT2D eigenvalue weighted by atomic mass is 16.5. The lowest BCUT2D eigenvalue weighted by Gasteiger charge is -2.21. The molecule has 0 amide bonds. The first-order chi connectivity index (χ1) is 4.84. The van der Waals surface area contributed by atoms with Crippen molar-refractivity contribution in [1.82, 2.24) is 4.90 Å². The van der Waals surface area contributed by atoms with Crippen molar-refractivity contribution in [2.45, 2.75) is 6.92 Å². The van der Waals surface area contributed by atoms with Gasteiger partial charge in [0, 0.05) is 13.6 Å².